The molecule has 0 amide bonds. The largest absolute Gasteiger partial charge is 0.497 e. The summed E-state index contributed by atoms with van der Waals surface area (Å²) in [6.45, 7) is 4.27. The Morgan fingerprint density at radius 3 is 2.14 bits per heavy atom. The van der Waals surface area contributed by atoms with Crippen LogP contribution in [-0.2, 0) is 6.42 Å². The van der Waals surface area contributed by atoms with E-state index in [4.69, 9.17) is 14.2 Å². The first kappa shape index (κ1) is 19.8. The number of hydrogen-bond acceptors (Lipinski definition) is 5. The van der Waals surface area contributed by atoms with Gasteiger partial charge in [-0.3, -0.25) is 4.79 Å². The van der Waals surface area contributed by atoms with Gasteiger partial charge in [0.25, 0.3) is 0 Å². The highest BCUT2D eigenvalue weighted by Gasteiger charge is 2.33. The van der Waals surface area contributed by atoms with Gasteiger partial charge in [-0.2, -0.15) is 0 Å². The van der Waals surface area contributed by atoms with E-state index in [1.807, 2.05) is 25.3 Å². The molecule has 1 heterocycles. The molecule has 0 spiro atoms. The van der Waals surface area contributed by atoms with Crippen molar-refractivity contribution in [3.05, 3.63) is 58.8 Å². The number of likely N-dealkylation sites (N-methyl/N-ethyl adjacent to an activating group) is 1. The van der Waals surface area contributed by atoms with Crippen molar-refractivity contribution < 1.29 is 19.0 Å². The summed E-state index contributed by atoms with van der Waals surface area (Å²) in [6, 6.07) is 11.1. The number of nitrogens with zero attached hydrogens (tertiary/aromatic N) is 1. The number of allylic oxidation sites excluding steroid dienone is 1. The third kappa shape index (κ3) is 3.57. The second kappa shape index (κ2) is 7.58. The quantitative estimate of drug-likeness (QED) is 0.727. The molecule has 0 unspecified atom stereocenters. The summed E-state index contributed by atoms with van der Waals surface area (Å²) in [5.74, 6) is 2.04. The van der Waals surface area contributed by atoms with Crippen molar-refractivity contribution in [2.75, 3.05) is 28.4 Å². The van der Waals surface area contributed by atoms with Crippen molar-refractivity contribution in [2.45, 2.75) is 25.8 Å². The number of carbonyl (C=O) groups is 1. The Kier molecular flexibility index (Phi) is 5.36. The van der Waals surface area contributed by atoms with Crippen molar-refractivity contribution in [1.29, 1.82) is 0 Å². The molecular weight excluding hydrogens is 354 g/mol. The first-order valence-electron chi connectivity index (χ1n) is 9.20. The van der Waals surface area contributed by atoms with Gasteiger partial charge in [0.15, 0.2) is 11.5 Å². The number of carbonyl (C=O) groups excluding carboxylic acids is 1. The van der Waals surface area contributed by atoms with E-state index in [2.05, 4.69) is 18.7 Å². The van der Waals surface area contributed by atoms with E-state index < -0.39 is 0 Å². The molecule has 148 valence electrons. The van der Waals surface area contributed by atoms with Gasteiger partial charge in [-0.05, 0) is 73.9 Å². The van der Waals surface area contributed by atoms with Crippen LogP contribution in [0.3, 0.4) is 0 Å². The molecule has 0 radical (unpaired) electrons. The number of hydrogen-bond donors (Lipinski definition) is 0. The summed E-state index contributed by atoms with van der Waals surface area (Å²) in [5, 5.41) is 0. The molecular formula is C23H27NO4. The summed E-state index contributed by atoms with van der Waals surface area (Å²) >= 11 is 0. The molecule has 0 saturated heterocycles. The minimum Gasteiger partial charge on any atom is -0.497 e. The number of ether oxygens (including phenoxy) is 3. The van der Waals surface area contributed by atoms with Gasteiger partial charge in [0.1, 0.15) is 5.75 Å². The molecule has 5 nitrogen and oxygen atoms in total. The predicted octanol–water partition coefficient (Wildman–Crippen LogP) is 4.20. The maximum Gasteiger partial charge on any atom is 0.209 e. The van der Waals surface area contributed by atoms with Crippen LogP contribution in [0.5, 0.6) is 17.2 Å². The Morgan fingerprint density at radius 1 is 0.964 bits per heavy atom. The minimum absolute atomic E-state index is 0.0270. The fourth-order valence-electron chi connectivity index (χ4n) is 3.49. The van der Waals surface area contributed by atoms with Gasteiger partial charge >= 0.3 is 0 Å². The van der Waals surface area contributed by atoms with Crippen LogP contribution in [0.15, 0.2) is 42.1 Å². The standard InChI is InChI=1S/C23H27NO4/c1-23(2)14-17-13-21(28-6)20(27-5)12-16(17)11-19(24(23)3)22(25)15-7-9-18(26-4)10-8-15/h7-13H,14H2,1-6H3. The average molecular weight is 381 g/mol. The molecule has 1 aliphatic heterocycles. The fraction of sp³-hybridized carbons (Fsp3) is 0.348. The van der Waals surface area contributed by atoms with Gasteiger partial charge in [-0.15, -0.1) is 0 Å². The predicted molar refractivity (Wildman–Crippen MR) is 110 cm³/mol. The van der Waals surface area contributed by atoms with E-state index in [0.717, 1.165) is 23.3 Å². The molecule has 0 aliphatic carbocycles. The van der Waals surface area contributed by atoms with Crippen LogP contribution in [0.2, 0.25) is 0 Å². The molecule has 28 heavy (non-hydrogen) atoms. The summed E-state index contributed by atoms with van der Waals surface area (Å²) < 4.78 is 16.1. The topological polar surface area (TPSA) is 48.0 Å². The molecule has 3 rings (SSSR count). The molecule has 2 aromatic carbocycles. The first-order chi connectivity index (χ1) is 13.3. The van der Waals surface area contributed by atoms with E-state index >= 15 is 0 Å². The summed E-state index contributed by atoms with van der Waals surface area (Å²) in [7, 11) is 6.82. The van der Waals surface area contributed by atoms with Gasteiger partial charge in [0.05, 0.1) is 27.0 Å². The molecule has 0 atom stereocenters. The Labute approximate surface area is 166 Å². The number of ketones is 1. The Bertz CT molecular complexity index is 913. The Balaban J connectivity index is 2.12. The van der Waals surface area contributed by atoms with Crippen molar-refractivity contribution in [3.8, 4) is 17.2 Å². The summed E-state index contributed by atoms with van der Waals surface area (Å²) in [5.41, 5.74) is 3.09. The number of rotatable bonds is 5. The Hall–Kier alpha value is -2.95. The lowest BCUT2D eigenvalue weighted by molar-refractivity contribution is 0.0958. The third-order valence-electron chi connectivity index (χ3n) is 5.41. The van der Waals surface area contributed by atoms with Crippen LogP contribution >= 0.6 is 0 Å². The zero-order valence-corrected chi connectivity index (χ0v) is 17.3. The van der Waals surface area contributed by atoms with Gasteiger partial charge in [0, 0.05) is 18.2 Å². The van der Waals surface area contributed by atoms with E-state index in [1.54, 1.807) is 45.6 Å². The maximum atomic E-state index is 13.3. The molecule has 5 heteroatoms. The third-order valence-corrected chi connectivity index (χ3v) is 5.41. The molecule has 0 fully saturated rings. The first-order valence-corrected chi connectivity index (χ1v) is 9.20. The van der Waals surface area contributed by atoms with E-state index in [9.17, 15) is 4.79 Å². The fourth-order valence-corrected chi connectivity index (χ4v) is 3.49. The molecule has 2 aromatic rings. The highest BCUT2D eigenvalue weighted by atomic mass is 16.5. The molecule has 1 aliphatic rings. The zero-order valence-electron chi connectivity index (χ0n) is 17.3. The van der Waals surface area contributed by atoms with Crippen LogP contribution in [0.1, 0.15) is 35.3 Å². The van der Waals surface area contributed by atoms with Gasteiger partial charge in [-0.1, -0.05) is 0 Å². The SMILES string of the molecule is COc1ccc(C(=O)C2=Cc3cc(OC)c(OC)cc3CC(C)(C)N2C)cc1. The van der Waals surface area contributed by atoms with E-state index in [-0.39, 0.29) is 11.3 Å². The zero-order chi connectivity index (χ0) is 20.5. The summed E-state index contributed by atoms with van der Waals surface area (Å²) in [6.07, 6.45) is 2.72. The van der Waals surface area contributed by atoms with Gasteiger partial charge in [-0.25, -0.2) is 0 Å². The molecule has 0 saturated carbocycles. The number of fused-ring (bicyclic) bond motifs is 1. The Morgan fingerprint density at radius 2 is 1.57 bits per heavy atom. The van der Waals surface area contributed by atoms with Crippen molar-refractivity contribution >= 4 is 11.9 Å². The normalized spacial score (nSPS) is 15.2. The van der Waals surface area contributed by atoms with Crippen LogP contribution in [0.4, 0.5) is 0 Å². The lowest BCUT2D eigenvalue weighted by atomic mass is 9.92. The van der Waals surface area contributed by atoms with Crippen LogP contribution in [0, 0.1) is 0 Å². The van der Waals surface area contributed by atoms with Gasteiger partial charge in [0.2, 0.25) is 5.78 Å². The van der Waals surface area contributed by atoms with Crippen LogP contribution in [0.25, 0.3) is 6.08 Å². The molecule has 0 bridgehead atoms. The maximum absolute atomic E-state index is 13.3. The number of methoxy groups -OCH3 is 3. The smallest absolute Gasteiger partial charge is 0.209 e. The minimum atomic E-state index is -0.251. The van der Waals surface area contributed by atoms with Crippen molar-refractivity contribution in [2.24, 2.45) is 0 Å². The molecule has 0 N–H and O–H groups in total. The average Bonchev–Trinajstić information content (AvgIpc) is 2.80. The van der Waals surface area contributed by atoms with E-state index in [0.29, 0.717) is 22.8 Å². The number of benzene rings is 2. The second-order valence-electron chi connectivity index (χ2n) is 7.54. The lowest BCUT2D eigenvalue weighted by Gasteiger charge is -2.37. The number of Topliss-reactive ketones (excluding diaryl/α,β-unsaturated/α-hetero) is 1. The van der Waals surface area contributed by atoms with Crippen molar-refractivity contribution in [1.82, 2.24) is 4.90 Å². The highest BCUT2D eigenvalue weighted by molar-refractivity contribution is 6.11. The van der Waals surface area contributed by atoms with Gasteiger partial charge < -0.3 is 19.1 Å². The highest BCUT2D eigenvalue weighted by Crippen LogP contribution is 2.38. The summed E-state index contributed by atoms with van der Waals surface area (Å²) in [4.78, 5) is 15.4. The molecule has 0 aromatic heterocycles. The van der Waals surface area contributed by atoms with Crippen LogP contribution in [-0.4, -0.2) is 44.6 Å². The second-order valence-corrected chi connectivity index (χ2v) is 7.54. The monoisotopic (exact) mass is 381 g/mol. The lowest BCUT2D eigenvalue weighted by Crippen LogP contribution is -2.43. The van der Waals surface area contributed by atoms with Crippen molar-refractivity contribution in [3.63, 3.8) is 0 Å². The van der Waals surface area contributed by atoms with E-state index in [1.165, 1.54) is 0 Å². The van der Waals surface area contributed by atoms with Crippen LogP contribution < -0.4 is 14.2 Å².